The Morgan fingerprint density at radius 1 is 1.36 bits per heavy atom. The van der Waals surface area contributed by atoms with Gasteiger partial charge in [0.15, 0.2) is 5.13 Å². The topological polar surface area (TPSA) is 60.9 Å². The van der Waals surface area contributed by atoms with Crippen molar-refractivity contribution in [1.82, 2.24) is 4.98 Å². The number of fused-ring (bicyclic) bond motifs is 1. The molecule has 1 amide bonds. The molecule has 1 unspecified atom stereocenters. The standard InChI is InChI=1S/C18H24N2O4S/c1-11(2)17(21)20(10-12-6-5-9-24-12)18-19-15-13(22-3)7-8-14(23-4)16(15)25-18/h7-8,11-12H,5-6,9-10H2,1-4H3. The van der Waals surface area contributed by atoms with Gasteiger partial charge in [-0.2, -0.15) is 0 Å². The van der Waals surface area contributed by atoms with Gasteiger partial charge in [0.25, 0.3) is 0 Å². The quantitative estimate of drug-likeness (QED) is 0.785. The van der Waals surface area contributed by atoms with Crippen LogP contribution < -0.4 is 14.4 Å². The third kappa shape index (κ3) is 3.57. The highest BCUT2D eigenvalue weighted by atomic mass is 32.1. The van der Waals surface area contributed by atoms with Crippen molar-refractivity contribution in [3.05, 3.63) is 12.1 Å². The molecule has 136 valence electrons. The van der Waals surface area contributed by atoms with Crippen LogP contribution in [0.1, 0.15) is 26.7 Å². The first-order chi connectivity index (χ1) is 12.0. The number of benzene rings is 1. The molecule has 1 fully saturated rings. The van der Waals surface area contributed by atoms with E-state index in [1.54, 1.807) is 19.1 Å². The first kappa shape index (κ1) is 17.9. The molecule has 1 aliphatic heterocycles. The SMILES string of the molecule is COc1ccc(OC)c2sc(N(CC3CCCO3)C(=O)C(C)C)nc12. The van der Waals surface area contributed by atoms with E-state index < -0.39 is 0 Å². The first-order valence-electron chi connectivity index (χ1n) is 8.49. The summed E-state index contributed by atoms with van der Waals surface area (Å²) >= 11 is 1.45. The Morgan fingerprint density at radius 3 is 2.68 bits per heavy atom. The van der Waals surface area contributed by atoms with Crippen LogP contribution in [-0.4, -0.2) is 44.4 Å². The molecule has 2 aromatic rings. The van der Waals surface area contributed by atoms with E-state index in [0.717, 1.165) is 35.4 Å². The van der Waals surface area contributed by atoms with Crippen molar-refractivity contribution >= 4 is 32.6 Å². The Hall–Kier alpha value is -1.86. The number of carbonyl (C=O) groups is 1. The normalized spacial score (nSPS) is 17.2. The van der Waals surface area contributed by atoms with E-state index in [0.29, 0.717) is 17.4 Å². The summed E-state index contributed by atoms with van der Waals surface area (Å²) < 4.78 is 17.5. The van der Waals surface area contributed by atoms with Crippen molar-refractivity contribution in [1.29, 1.82) is 0 Å². The number of ether oxygens (including phenoxy) is 3. The van der Waals surface area contributed by atoms with Gasteiger partial charge in [-0.3, -0.25) is 9.69 Å². The number of hydrogen-bond acceptors (Lipinski definition) is 6. The van der Waals surface area contributed by atoms with E-state index in [4.69, 9.17) is 19.2 Å². The molecule has 0 spiro atoms. The van der Waals surface area contributed by atoms with E-state index in [-0.39, 0.29) is 17.9 Å². The van der Waals surface area contributed by atoms with Crippen molar-refractivity contribution in [2.75, 3.05) is 32.3 Å². The summed E-state index contributed by atoms with van der Waals surface area (Å²) in [4.78, 5) is 19.2. The number of thiazole rings is 1. The maximum atomic E-state index is 12.8. The predicted molar refractivity (Wildman–Crippen MR) is 98.9 cm³/mol. The highest BCUT2D eigenvalue weighted by molar-refractivity contribution is 7.22. The molecule has 6 nitrogen and oxygen atoms in total. The van der Waals surface area contributed by atoms with Crippen molar-refractivity contribution < 1.29 is 19.0 Å². The zero-order valence-electron chi connectivity index (χ0n) is 15.1. The molecule has 1 aromatic heterocycles. The Kier molecular flexibility index (Phi) is 5.44. The number of methoxy groups -OCH3 is 2. The second-order valence-electron chi connectivity index (χ2n) is 6.38. The molecule has 0 radical (unpaired) electrons. The lowest BCUT2D eigenvalue weighted by atomic mass is 10.1. The summed E-state index contributed by atoms with van der Waals surface area (Å²) in [6.45, 7) is 5.09. The van der Waals surface area contributed by atoms with Gasteiger partial charge >= 0.3 is 0 Å². The summed E-state index contributed by atoms with van der Waals surface area (Å²) in [5, 5.41) is 0.659. The molecule has 0 N–H and O–H groups in total. The van der Waals surface area contributed by atoms with Crippen molar-refractivity contribution in [2.45, 2.75) is 32.8 Å². The molecule has 3 rings (SSSR count). The fraction of sp³-hybridized carbons (Fsp3) is 0.556. The molecule has 0 aliphatic carbocycles. The van der Waals surface area contributed by atoms with Gasteiger partial charge in [-0.1, -0.05) is 25.2 Å². The molecule has 0 saturated carbocycles. The molecule has 1 aromatic carbocycles. The minimum atomic E-state index is -0.114. The second-order valence-corrected chi connectivity index (χ2v) is 7.36. The molecule has 1 atom stereocenters. The van der Waals surface area contributed by atoms with Gasteiger partial charge in [-0.05, 0) is 25.0 Å². The smallest absolute Gasteiger partial charge is 0.231 e. The van der Waals surface area contributed by atoms with Crippen LogP contribution in [0.5, 0.6) is 11.5 Å². The number of anilines is 1. The third-order valence-corrected chi connectivity index (χ3v) is 5.39. The van der Waals surface area contributed by atoms with Gasteiger partial charge in [-0.25, -0.2) is 4.98 Å². The second kappa shape index (κ2) is 7.58. The van der Waals surface area contributed by atoms with Gasteiger partial charge in [0, 0.05) is 12.5 Å². The summed E-state index contributed by atoms with van der Waals surface area (Å²) in [6, 6.07) is 3.69. The van der Waals surface area contributed by atoms with Crippen molar-refractivity contribution in [3.8, 4) is 11.5 Å². The van der Waals surface area contributed by atoms with E-state index in [1.165, 1.54) is 11.3 Å². The number of aromatic nitrogens is 1. The Morgan fingerprint density at radius 2 is 2.08 bits per heavy atom. The van der Waals surface area contributed by atoms with Crippen LogP contribution in [0, 0.1) is 5.92 Å². The van der Waals surface area contributed by atoms with Gasteiger partial charge in [-0.15, -0.1) is 0 Å². The summed E-state index contributed by atoms with van der Waals surface area (Å²) in [5.74, 6) is 1.34. The third-order valence-electron chi connectivity index (χ3n) is 4.30. The Balaban J connectivity index is 2.03. The fourth-order valence-electron chi connectivity index (χ4n) is 2.96. The number of nitrogens with zero attached hydrogens (tertiary/aromatic N) is 2. The Labute approximate surface area is 151 Å². The monoisotopic (exact) mass is 364 g/mol. The maximum absolute atomic E-state index is 12.8. The fourth-order valence-corrected chi connectivity index (χ4v) is 4.04. The zero-order valence-corrected chi connectivity index (χ0v) is 15.9. The first-order valence-corrected chi connectivity index (χ1v) is 9.31. The highest BCUT2D eigenvalue weighted by Gasteiger charge is 2.28. The number of amides is 1. The van der Waals surface area contributed by atoms with Crippen LogP contribution >= 0.6 is 11.3 Å². The summed E-state index contributed by atoms with van der Waals surface area (Å²) in [6.07, 6.45) is 2.08. The minimum Gasteiger partial charge on any atom is -0.495 e. The largest absolute Gasteiger partial charge is 0.495 e. The maximum Gasteiger partial charge on any atom is 0.231 e. The zero-order chi connectivity index (χ0) is 18.0. The molecule has 0 bridgehead atoms. The highest BCUT2D eigenvalue weighted by Crippen LogP contribution is 2.40. The molecular formula is C18H24N2O4S. The molecule has 2 heterocycles. The average molecular weight is 364 g/mol. The van der Waals surface area contributed by atoms with Crippen LogP contribution in [0.3, 0.4) is 0 Å². The number of rotatable bonds is 6. The van der Waals surface area contributed by atoms with Crippen molar-refractivity contribution in [3.63, 3.8) is 0 Å². The minimum absolute atomic E-state index is 0.0486. The van der Waals surface area contributed by atoms with Gasteiger partial charge in [0.05, 0.1) is 26.9 Å². The molecule has 1 aliphatic rings. The van der Waals surface area contributed by atoms with E-state index >= 15 is 0 Å². The summed E-state index contributed by atoms with van der Waals surface area (Å²) in [5.41, 5.74) is 0.718. The van der Waals surface area contributed by atoms with Crippen LogP contribution in [0.2, 0.25) is 0 Å². The van der Waals surface area contributed by atoms with Gasteiger partial charge in [0.1, 0.15) is 21.7 Å². The Bertz CT molecular complexity index is 712. The lowest BCUT2D eigenvalue weighted by Crippen LogP contribution is -2.39. The van der Waals surface area contributed by atoms with E-state index in [1.807, 2.05) is 26.0 Å². The van der Waals surface area contributed by atoms with Crippen LogP contribution in [-0.2, 0) is 9.53 Å². The lowest BCUT2D eigenvalue weighted by molar-refractivity contribution is -0.121. The molecule has 25 heavy (non-hydrogen) atoms. The molecule has 1 saturated heterocycles. The van der Waals surface area contributed by atoms with E-state index in [9.17, 15) is 4.79 Å². The molecular weight excluding hydrogens is 340 g/mol. The summed E-state index contributed by atoms with van der Waals surface area (Å²) in [7, 11) is 3.24. The molecule has 7 heteroatoms. The lowest BCUT2D eigenvalue weighted by Gasteiger charge is -2.24. The van der Waals surface area contributed by atoms with Crippen LogP contribution in [0.25, 0.3) is 10.2 Å². The van der Waals surface area contributed by atoms with Crippen LogP contribution in [0.4, 0.5) is 5.13 Å². The van der Waals surface area contributed by atoms with Crippen LogP contribution in [0.15, 0.2) is 12.1 Å². The van der Waals surface area contributed by atoms with Gasteiger partial charge < -0.3 is 14.2 Å². The van der Waals surface area contributed by atoms with Crippen molar-refractivity contribution in [2.24, 2.45) is 5.92 Å². The number of hydrogen-bond donors (Lipinski definition) is 0. The predicted octanol–water partition coefficient (Wildman–Crippen LogP) is 3.48. The number of carbonyl (C=O) groups excluding carboxylic acids is 1. The van der Waals surface area contributed by atoms with Gasteiger partial charge in [0.2, 0.25) is 5.91 Å². The van der Waals surface area contributed by atoms with E-state index in [2.05, 4.69) is 0 Å². The average Bonchev–Trinajstić information content (AvgIpc) is 3.27.